The van der Waals surface area contributed by atoms with Gasteiger partial charge in [-0.2, -0.15) is 9.40 Å². The van der Waals surface area contributed by atoms with Crippen molar-refractivity contribution < 1.29 is 13.2 Å². The molecular formula is C17H22N4O3S. The number of anilines is 1. The number of hydrogen-bond donors (Lipinski definition) is 0. The summed E-state index contributed by atoms with van der Waals surface area (Å²) in [6.45, 7) is 3.14. The summed E-state index contributed by atoms with van der Waals surface area (Å²) >= 11 is 0. The number of aryl methyl sites for hydroxylation is 1. The highest BCUT2D eigenvalue weighted by Gasteiger charge is 2.25. The van der Waals surface area contributed by atoms with Crippen LogP contribution in [0.3, 0.4) is 0 Å². The van der Waals surface area contributed by atoms with Crippen molar-refractivity contribution in [3.63, 3.8) is 0 Å². The van der Waals surface area contributed by atoms with Gasteiger partial charge in [-0.15, -0.1) is 0 Å². The van der Waals surface area contributed by atoms with Gasteiger partial charge in [0.15, 0.2) is 0 Å². The van der Waals surface area contributed by atoms with Crippen LogP contribution in [0.5, 0.6) is 0 Å². The summed E-state index contributed by atoms with van der Waals surface area (Å²) < 4.78 is 28.8. The first-order chi connectivity index (χ1) is 11.9. The topological polar surface area (TPSA) is 75.5 Å². The molecule has 25 heavy (non-hydrogen) atoms. The summed E-state index contributed by atoms with van der Waals surface area (Å²) in [4.78, 5) is 13.7. The number of benzene rings is 1. The molecule has 0 atom stereocenters. The predicted molar refractivity (Wildman–Crippen MR) is 94.5 cm³/mol. The molecule has 2 heterocycles. The standard InChI is InChI=1S/C17H22N4O3S/c1-3-20(13-14-11-18-19(2)12-14)25(23,24)16-8-6-15(7-9-16)21-10-4-5-17(21)22/h6-9,11-12H,3-5,10,13H2,1-2H3. The Kier molecular flexibility index (Phi) is 4.91. The summed E-state index contributed by atoms with van der Waals surface area (Å²) in [7, 11) is -1.80. The molecule has 134 valence electrons. The molecule has 1 aliphatic rings. The van der Waals surface area contributed by atoms with Gasteiger partial charge in [0, 0.05) is 50.6 Å². The average Bonchev–Trinajstić information content (AvgIpc) is 3.20. The van der Waals surface area contributed by atoms with Crippen molar-refractivity contribution in [2.75, 3.05) is 18.0 Å². The molecule has 3 rings (SSSR count). The van der Waals surface area contributed by atoms with Crippen LogP contribution < -0.4 is 4.90 Å². The van der Waals surface area contributed by atoms with Gasteiger partial charge in [0.05, 0.1) is 11.1 Å². The fraction of sp³-hybridized carbons (Fsp3) is 0.412. The van der Waals surface area contributed by atoms with Gasteiger partial charge in [0.1, 0.15) is 0 Å². The number of carbonyl (C=O) groups excluding carboxylic acids is 1. The Balaban J connectivity index is 1.81. The van der Waals surface area contributed by atoms with Crippen molar-refractivity contribution in [2.45, 2.75) is 31.2 Å². The minimum absolute atomic E-state index is 0.0855. The number of aromatic nitrogens is 2. The number of nitrogens with zero attached hydrogens (tertiary/aromatic N) is 4. The molecule has 0 radical (unpaired) electrons. The molecule has 2 aromatic rings. The SMILES string of the molecule is CCN(Cc1cnn(C)c1)S(=O)(=O)c1ccc(N2CCCC2=O)cc1. The molecule has 7 nitrogen and oxygen atoms in total. The van der Waals surface area contributed by atoms with E-state index in [1.807, 2.05) is 6.92 Å². The fourth-order valence-corrected chi connectivity index (χ4v) is 4.43. The second-order valence-corrected chi connectivity index (χ2v) is 8.03. The van der Waals surface area contributed by atoms with Crippen molar-refractivity contribution >= 4 is 21.6 Å². The average molecular weight is 362 g/mol. The predicted octanol–water partition coefficient (Wildman–Crippen LogP) is 1.76. The summed E-state index contributed by atoms with van der Waals surface area (Å²) in [5, 5.41) is 4.08. The maximum absolute atomic E-state index is 12.9. The molecule has 0 unspecified atom stereocenters. The third-order valence-electron chi connectivity index (χ3n) is 4.33. The van der Waals surface area contributed by atoms with E-state index >= 15 is 0 Å². The normalized spacial score (nSPS) is 15.3. The van der Waals surface area contributed by atoms with Crippen LogP contribution >= 0.6 is 0 Å². The molecule has 8 heteroatoms. The van der Waals surface area contributed by atoms with Crippen molar-refractivity contribution in [3.8, 4) is 0 Å². The number of sulfonamides is 1. The zero-order chi connectivity index (χ0) is 18.0. The van der Waals surface area contributed by atoms with Gasteiger partial charge in [-0.3, -0.25) is 9.48 Å². The summed E-state index contributed by atoms with van der Waals surface area (Å²) in [6.07, 6.45) is 4.86. The number of carbonyl (C=O) groups is 1. The van der Waals surface area contributed by atoms with Crippen molar-refractivity contribution in [1.82, 2.24) is 14.1 Å². The van der Waals surface area contributed by atoms with Gasteiger partial charge in [-0.1, -0.05) is 6.92 Å². The van der Waals surface area contributed by atoms with E-state index in [1.165, 1.54) is 4.31 Å². The number of amides is 1. The molecule has 1 fully saturated rings. The Morgan fingerprint density at radius 2 is 1.96 bits per heavy atom. The largest absolute Gasteiger partial charge is 0.312 e. The van der Waals surface area contributed by atoms with E-state index < -0.39 is 10.0 Å². The Morgan fingerprint density at radius 3 is 2.48 bits per heavy atom. The minimum atomic E-state index is -3.60. The van der Waals surface area contributed by atoms with Crippen LogP contribution in [0.15, 0.2) is 41.6 Å². The fourth-order valence-electron chi connectivity index (χ4n) is 2.99. The summed E-state index contributed by atoms with van der Waals surface area (Å²) in [5.41, 5.74) is 1.59. The van der Waals surface area contributed by atoms with Gasteiger partial charge >= 0.3 is 0 Å². The molecule has 1 aromatic heterocycles. The van der Waals surface area contributed by atoms with Gasteiger partial charge in [-0.25, -0.2) is 8.42 Å². The first-order valence-electron chi connectivity index (χ1n) is 8.30. The van der Waals surface area contributed by atoms with E-state index in [0.717, 1.165) is 17.7 Å². The molecule has 0 bridgehead atoms. The van der Waals surface area contributed by atoms with Crippen LogP contribution in [0.4, 0.5) is 5.69 Å². The molecule has 0 saturated carbocycles. The number of rotatable bonds is 6. The van der Waals surface area contributed by atoms with Gasteiger partial charge in [0.25, 0.3) is 0 Å². The van der Waals surface area contributed by atoms with Crippen LogP contribution in [-0.4, -0.2) is 41.5 Å². The quantitative estimate of drug-likeness (QED) is 0.785. The lowest BCUT2D eigenvalue weighted by molar-refractivity contribution is -0.117. The van der Waals surface area contributed by atoms with E-state index in [4.69, 9.17) is 0 Å². The van der Waals surface area contributed by atoms with Crippen molar-refractivity contribution in [3.05, 3.63) is 42.2 Å². The maximum atomic E-state index is 12.9. The minimum Gasteiger partial charge on any atom is -0.312 e. The summed E-state index contributed by atoms with van der Waals surface area (Å²) in [5.74, 6) is 0.0855. The highest BCUT2D eigenvalue weighted by Crippen LogP contribution is 2.25. The molecule has 0 aliphatic carbocycles. The number of hydrogen-bond acceptors (Lipinski definition) is 4. The van der Waals surface area contributed by atoms with Crippen LogP contribution in [0, 0.1) is 0 Å². The molecule has 1 aromatic carbocycles. The van der Waals surface area contributed by atoms with Crippen LogP contribution in [0.25, 0.3) is 0 Å². The smallest absolute Gasteiger partial charge is 0.243 e. The lowest BCUT2D eigenvalue weighted by atomic mass is 10.3. The van der Waals surface area contributed by atoms with Gasteiger partial charge in [0.2, 0.25) is 15.9 Å². The Morgan fingerprint density at radius 1 is 1.24 bits per heavy atom. The second-order valence-electron chi connectivity index (χ2n) is 6.10. The Bertz CT molecular complexity index is 858. The molecule has 0 spiro atoms. The first-order valence-corrected chi connectivity index (χ1v) is 9.74. The first kappa shape index (κ1) is 17.6. The van der Waals surface area contributed by atoms with Gasteiger partial charge in [-0.05, 0) is 30.7 Å². The van der Waals surface area contributed by atoms with Crippen molar-refractivity contribution in [2.24, 2.45) is 7.05 Å². The van der Waals surface area contributed by atoms with E-state index in [0.29, 0.717) is 19.5 Å². The lowest BCUT2D eigenvalue weighted by Gasteiger charge is -2.21. The Hall–Kier alpha value is -2.19. The lowest BCUT2D eigenvalue weighted by Crippen LogP contribution is -2.30. The zero-order valence-electron chi connectivity index (χ0n) is 14.4. The highest BCUT2D eigenvalue weighted by atomic mass is 32.2. The maximum Gasteiger partial charge on any atom is 0.243 e. The van der Waals surface area contributed by atoms with Crippen LogP contribution in [0.1, 0.15) is 25.3 Å². The molecule has 0 N–H and O–H groups in total. The van der Waals surface area contributed by atoms with Crippen LogP contribution in [0.2, 0.25) is 0 Å². The van der Waals surface area contributed by atoms with E-state index in [2.05, 4.69) is 5.10 Å². The molecule has 1 amide bonds. The Labute approximate surface area is 147 Å². The molecule has 1 aliphatic heterocycles. The van der Waals surface area contributed by atoms with Crippen molar-refractivity contribution in [1.29, 1.82) is 0 Å². The summed E-state index contributed by atoms with van der Waals surface area (Å²) in [6, 6.07) is 6.55. The molecular weight excluding hydrogens is 340 g/mol. The highest BCUT2D eigenvalue weighted by molar-refractivity contribution is 7.89. The van der Waals surface area contributed by atoms with E-state index in [-0.39, 0.29) is 17.3 Å². The van der Waals surface area contributed by atoms with Gasteiger partial charge < -0.3 is 4.90 Å². The van der Waals surface area contributed by atoms with E-state index in [1.54, 1.807) is 53.3 Å². The zero-order valence-corrected chi connectivity index (χ0v) is 15.2. The van der Waals surface area contributed by atoms with Crippen LogP contribution in [-0.2, 0) is 28.4 Å². The second kappa shape index (κ2) is 6.97. The monoisotopic (exact) mass is 362 g/mol. The van der Waals surface area contributed by atoms with E-state index in [9.17, 15) is 13.2 Å². The third kappa shape index (κ3) is 3.59. The molecule has 1 saturated heterocycles. The third-order valence-corrected chi connectivity index (χ3v) is 6.26.